The van der Waals surface area contributed by atoms with Crippen LogP contribution in [0.2, 0.25) is 0 Å². The van der Waals surface area contributed by atoms with Crippen molar-refractivity contribution in [1.82, 2.24) is 8.87 Å². The molecule has 0 saturated carbocycles. The monoisotopic (exact) mass is 346 g/mol. The molecule has 6 heteroatoms. The van der Waals surface area contributed by atoms with Gasteiger partial charge >= 0.3 is 0 Å². The average Bonchev–Trinajstić information content (AvgIpc) is 3.21. The topological polar surface area (TPSA) is 51.5 Å². The van der Waals surface area contributed by atoms with E-state index in [4.69, 9.17) is 4.74 Å². The molecule has 1 aromatic heterocycles. The molecular formula is C18H22N2O3S. The van der Waals surface area contributed by atoms with E-state index in [0.29, 0.717) is 13.0 Å². The van der Waals surface area contributed by atoms with E-state index in [9.17, 15) is 8.42 Å². The van der Waals surface area contributed by atoms with Crippen LogP contribution in [0.3, 0.4) is 0 Å². The molecule has 0 spiro atoms. The first kappa shape index (κ1) is 15.7. The van der Waals surface area contributed by atoms with Gasteiger partial charge < -0.3 is 9.30 Å². The van der Waals surface area contributed by atoms with Crippen LogP contribution in [-0.4, -0.2) is 36.2 Å². The second-order valence-electron chi connectivity index (χ2n) is 6.52. The van der Waals surface area contributed by atoms with Crippen LogP contribution < -0.4 is 4.74 Å². The molecule has 2 aromatic rings. The van der Waals surface area contributed by atoms with Crippen LogP contribution in [0.5, 0.6) is 5.75 Å². The van der Waals surface area contributed by atoms with E-state index in [2.05, 4.69) is 10.6 Å². The van der Waals surface area contributed by atoms with E-state index in [-0.39, 0.29) is 11.8 Å². The lowest BCUT2D eigenvalue weighted by molar-refractivity contribution is 0.282. The summed E-state index contributed by atoms with van der Waals surface area (Å²) in [6, 6.07) is 9.90. The average molecular weight is 346 g/mol. The maximum absolute atomic E-state index is 12.8. The Morgan fingerprint density at radius 1 is 1.25 bits per heavy atom. The quantitative estimate of drug-likeness (QED) is 0.854. The fraction of sp³-hybridized carbons (Fsp3) is 0.444. The smallest absolute Gasteiger partial charge is 0.215 e. The highest BCUT2D eigenvalue weighted by molar-refractivity contribution is 7.89. The summed E-state index contributed by atoms with van der Waals surface area (Å²) < 4.78 is 34.9. The molecule has 4 rings (SSSR count). The molecule has 0 bridgehead atoms. The van der Waals surface area contributed by atoms with Crippen LogP contribution in [-0.2, 0) is 29.4 Å². The lowest BCUT2D eigenvalue weighted by Crippen LogP contribution is -2.42. The molecule has 2 aliphatic heterocycles. The van der Waals surface area contributed by atoms with Crippen molar-refractivity contribution in [3.05, 3.63) is 53.3 Å². The number of benzene rings is 1. The number of aryl methyl sites for hydroxylation is 1. The highest BCUT2D eigenvalue weighted by atomic mass is 32.2. The number of hydrogen-bond acceptors (Lipinski definition) is 3. The second kappa shape index (κ2) is 5.93. The highest BCUT2D eigenvalue weighted by Crippen LogP contribution is 2.29. The van der Waals surface area contributed by atoms with E-state index in [0.717, 1.165) is 36.6 Å². The zero-order valence-corrected chi connectivity index (χ0v) is 14.6. The first-order valence-corrected chi connectivity index (χ1v) is 10.0. The Labute approximate surface area is 142 Å². The summed E-state index contributed by atoms with van der Waals surface area (Å²) >= 11 is 0. The van der Waals surface area contributed by atoms with Crippen LogP contribution in [0.15, 0.2) is 36.5 Å². The maximum atomic E-state index is 12.8. The number of ether oxygens (including phenoxy) is 1. The molecule has 1 unspecified atom stereocenters. The Kier molecular flexibility index (Phi) is 3.89. The van der Waals surface area contributed by atoms with Crippen LogP contribution in [0.25, 0.3) is 0 Å². The summed E-state index contributed by atoms with van der Waals surface area (Å²) in [4.78, 5) is 0. The van der Waals surface area contributed by atoms with Crippen LogP contribution in [0, 0.1) is 0 Å². The lowest BCUT2D eigenvalue weighted by atomic mass is 10.1. The van der Waals surface area contributed by atoms with Crippen LogP contribution >= 0.6 is 0 Å². The molecule has 0 fully saturated rings. The first-order chi connectivity index (χ1) is 11.5. The van der Waals surface area contributed by atoms with E-state index in [1.54, 1.807) is 4.31 Å². The van der Waals surface area contributed by atoms with Gasteiger partial charge in [-0.1, -0.05) is 12.1 Å². The summed E-state index contributed by atoms with van der Waals surface area (Å²) in [5, 5.41) is 0. The fourth-order valence-corrected chi connectivity index (χ4v) is 5.37. The van der Waals surface area contributed by atoms with Crippen molar-refractivity contribution >= 4 is 10.0 Å². The predicted molar refractivity (Wildman–Crippen MR) is 92.7 cm³/mol. The molecule has 1 aromatic carbocycles. The Hall–Kier alpha value is -1.79. The SMILES string of the molecule is CC1c2cccn2CCN1S(=O)(=O)CCc1ccc2c(c1)CCO2. The molecule has 24 heavy (non-hydrogen) atoms. The summed E-state index contributed by atoms with van der Waals surface area (Å²) in [5.74, 6) is 1.09. The van der Waals surface area contributed by atoms with Gasteiger partial charge in [0.1, 0.15) is 5.75 Å². The van der Waals surface area contributed by atoms with Crippen molar-refractivity contribution < 1.29 is 13.2 Å². The minimum Gasteiger partial charge on any atom is -0.493 e. The molecule has 128 valence electrons. The zero-order chi connectivity index (χ0) is 16.7. The maximum Gasteiger partial charge on any atom is 0.215 e. The van der Waals surface area contributed by atoms with Crippen LogP contribution in [0.4, 0.5) is 0 Å². The van der Waals surface area contributed by atoms with Gasteiger partial charge in [-0.2, -0.15) is 4.31 Å². The van der Waals surface area contributed by atoms with E-state index in [1.807, 2.05) is 37.4 Å². The Bertz CT molecular complexity index is 857. The number of hydrogen-bond donors (Lipinski definition) is 0. The summed E-state index contributed by atoms with van der Waals surface area (Å²) in [5.41, 5.74) is 3.32. The molecule has 0 amide bonds. The summed E-state index contributed by atoms with van der Waals surface area (Å²) in [6.07, 6.45) is 3.47. The normalized spacial score (nSPS) is 20.5. The predicted octanol–water partition coefficient (Wildman–Crippen LogP) is 2.37. The first-order valence-electron chi connectivity index (χ1n) is 8.44. The zero-order valence-electron chi connectivity index (χ0n) is 13.8. The Morgan fingerprint density at radius 3 is 3.00 bits per heavy atom. The molecule has 2 aliphatic rings. The van der Waals surface area contributed by atoms with Gasteiger partial charge in [-0.05, 0) is 42.7 Å². The van der Waals surface area contributed by atoms with Crippen molar-refractivity contribution in [2.45, 2.75) is 32.4 Å². The molecular weight excluding hydrogens is 324 g/mol. The van der Waals surface area contributed by atoms with Crippen molar-refractivity contribution in [2.75, 3.05) is 18.9 Å². The van der Waals surface area contributed by atoms with Gasteiger partial charge in [0.2, 0.25) is 10.0 Å². The second-order valence-corrected chi connectivity index (χ2v) is 8.56. The number of rotatable bonds is 4. The third kappa shape index (κ3) is 2.74. The molecule has 3 heterocycles. The largest absolute Gasteiger partial charge is 0.493 e. The van der Waals surface area contributed by atoms with Gasteiger partial charge in [0.25, 0.3) is 0 Å². The summed E-state index contributed by atoms with van der Waals surface area (Å²) in [7, 11) is -3.28. The Balaban J connectivity index is 1.48. The van der Waals surface area contributed by atoms with Gasteiger partial charge in [0.15, 0.2) is 0 Å². The molecule has 0 radical (unpaired) electrons. The van der Waals surface area contributed by atoms with E-state index < -0.39 is 10.0 Å². The third-order valence-electron chi connectivity index (χ3n) is 5.05. The summed E-state index contributed by atoms with van der Waals surface area (Å²) in [6.45, 7) is 3.96. The Morgan fingerprint density at radius 2 is 2.12 bits per heavy atom. The molecule has 0 aliphatic carbocycles. The number of sulfonamides is 1. The minimum absolute atomic E-state index is 0.104. The minimum atomic E-state index is -3.28. The standard InChI is InChI=1S/C18H22N2O3S/c1-14-17-3-2-8-19(17)9-10-20(14)24(21,22)12-7-15-4-5-18-16(13-15)6-11-23-18/h2-5,8,13-14H,6-7,9-12H2,1H3. The van der Waals surface area contributed by atoms with Gasteiger partial charge in [-0.3, -0.25) is 0 Å². The third-order valence-corrected chi connectivity index (χ3v) is 6.98. The number of fused-ring (bicyclic) bond motifs is 2. The van der Waals surface area contributed by atoms with Crippen molar-refractivity contribution in [2.24, 2.45) is 0 Å². The molecule has 5 nitrogen and oxygen atoms in total. The number of nitrogens with zero attached hydrogens (tertiary/aromatic N) is 2. The van der Waals surface area contributed by atoms with Gasteiger partial charge in [0.05, 0.1) is 18.4 Å². The molecule has 0 saturated heterocycles. The highest BCUT2D eigenvalue weighted by Gasteiger charge is 2.32. The fourth-order valence-electron chi connectivity index (χ4n) is 3.70. The molecule has 0 N–H and O–H groups in total. The van der Waals surface area contributed by atoms with Crippen molar-refractivity contribution in [3.8, 4) is 5.75 Å². The van der Waals surface area contributed by atoms with Crippen LogP contribution in [0.1, 0.15) is 29.8 Å². The van der Waals surface area contributed by atoms with Gasteiger partial charge in [-0.15, -0.1) is 0 Å². The van der Waals surface area contributed by atoms with E-state index >= 15 is 0 Å². The van der Waals surface area contributed by atoms with Crippen molar-refractivity contribution in [1.29, 1.82) is 0 Å². The van der Waals surface area contributed by atoms with Gasteiger partial charge in [-0.25, -0.2) is 8.42 Å². The lowest BCUT2D eigenvalue weighted by Gasteiger charge is -2.33. The number of aromatic nitrogens is 1. The molecule has 1 atom stereocenters. The van der Waals surface area contributed by atoms with E-state index in [1.165, 1.54) is 5.56 Å². The van der Waals surface area contributed by atoms with Crippen molar-refractivity contribution in [3.63, 3.8) is 0 Å². The van der Waals surface area contributed by atoms with Gasteiger partial charge in [0, 0.05) is 31.4 Å².